The lowest BCUT2D eigenvalue weighted by atomic mass is 10.3. The Morgan fingerprint density at radius 2 is 2.60 bits per heavy atom. The van der Waals surface area contributed by atoms with Crippen molar-refractivity contribution in [1.29, 1.82) is 0 Å². The second-order valence-corrected chi connectivity index (χ2v) is 5.36. The molecule has 1 aromatic rings. The van der Waals surface area contributed by atoms with E-state index in [9.17, 15) is 8.60 Å². The molecule has 1 unspecified atom stereocenters. The molecule has 0 bridgehead atoms. The summed E-state index contributed by atoms with van der Waals surface area (Å²) in [7, 11) is -1.02. The van der Waals surface area contributed by atoms with E-state index in [4.69, 9.17) is 0 Å². The van der Waals surface area contributed by atoms with Gasteiger partial charge in [0.1, 0.15) is 15.9 Å². The summed E-state index contributed by atoms with van der Waals surface area (Å²) in [4.78, 5) is 7.89. The average molecular weight is 246 g/mol. The molecule has 0 N–H and O–H groups in total. The molecule has 0 aromatic carbocycles. The minimum absolute atomic E-state index is 0.327. The maximum absolute atomic E-state index is 11.7. The second kappa shape index (κ2) is 5.87. The van der Waals surface area contributed by atoms with Crippen molar-refractivity contribution in [3.8, 4) is 0 Å². The normalized spacial score (nSPS) is 13.2. The first-order valence-electron chi connectivity index (χ1n) is 4.16. The van der Waals surface area contributed by atoms with E-state index in [0.29, 0.717) is 21.3 Å². The highest BCUT2D eigenvalue weighted by Gasteiger charge is 2.07. The van der Waals surface area contributed by atoms with E-state index in [2.05, 4.69) is 16.6 Å². The molecule has 0 amide bonds. The van der Waals surface area contributed by atoms with Crippen LogP contribution in [0.15, 0.2) is 22.0 Å². The minimum atomic E-state index is -1.02. The monoisotopic (exact) mass is 246 g/mol. The highest BCUT2D eigenvalue weighted by Crippen LogP contribution is 2.22. The highest BCUT2D eigenvalue weighted by molar-refractivity contribution is 7.86. The van der Waals surface area contributed by atoms with Crippen LogP contribution in [0.2, 0.25) is 0 Å². The van der Waals surface area contributed by atoms with E-state index in [1.54, 1.807) is 12.5 Å². The zero-order valence-corrected chi connectivity index (χ0v) is 9.91. The lowest BCUT2D eigenvalue weighted by Gasteiger charge is -1.94. The van der Waals surface area contributed by atoms with Crippen LogP contribution in [-0.2, 0) is 10.8 Å². The van der Waals surface area contributed by atoms with Crippen LogP contribution in [0, 0.1) is 0 Å². The van der Waals surface area contributed by atoms with Crippen LogP contribution in [0.25, 0.3) is 5.57 Å². The molecule has 0 radical (unpaired) electrons. The summed E-state index contributed by atoms with van der Waals surface area (Å²) in [5, 5.41) is 0.705. The molecular weight excluding hydrogens is 235 g/mol. The molecule has 82 valence electrons. The van der Waals surface area contributed by atoms with E-state index in [-0.39, 0.29) is 0 Å². The van der Waals surface area contributed by atoms with Gasteiger partial charge in [0.25, 0.3) is 0 Å². The van der Waals surface area contributed by atoms with Crippen molar-refractivity contribution >= 4 is 33.9 Å². The van der Waals surface area contributed by atoms with E-state index >= 15 is 0 Å². The number of aliphatic imine (C=N–C) groups is 1. The topological polar surface area (TPSA) is 42.3 Å². The number of halogens is 1. The Morgan fingerprint density at radius 3 is 3.13 bits per heavy atom. The van der Waals surface area contributed by atoms with Crippen molar-refractivity contribution in [3.05, 3.63) is 17.8 Å². The molecule has 0 fully saturated rings. The first-order chi connectivity index (χ1) is 7.15. The number of aromatic nitrogens is 1. The smallest absolute Gasteiger partial charge is 0.124 e. The lowest BCUT2D eigenvalue weighted by Crippen LogP contribution is -1.87. The fourth-order valence-corrected chi connectivity index (χ4v) is 2.36. The average Bonchev–Trinajstić information content (AvgIpc) is 2.66. The Labute approximate surface area is 94.2 Å². The number of nitrogens with zero attached hydrogens (tertiary/aromatic N) is 2. The largest absolute Gasteiger partial charge is 0.290 e. The van der Waals surface area contributed by atoms with Crippen LogP contribution in [0.5, 0.6) is 0 Å². The van der Waals surface area contributed by atoms with E-state index in [1.165, 1.54) is 17.6 Å². The van der Waals surface area contributed by atoms with Gasteiger partial charge in [-0.25, -0.2) is 9.37 Å². The zero-order valence-electron chi connectivity index (χ0n) is 8.27. The molecule has 0 saturated heterocycles. The van der Waals surface area contributed by atoms with E-state index in [1.807, 2.05) is 0 Å². The molecule has 0 aliphatic heterocycles. The summed E-state index contributed by atoms with van der Waals surface area (Å²) >= 11 is 1.33. The van der Waals surface area contributed by atoms with Gasteiger partial charge < -0.3 is 0 Å². The lowest BCUT2D eigenvalue weighted by molar-refractivity contribution is 0.587. The standard InChI is InChI=1S/C9H11FN2OS2/c1-7(5-11-4-3-10)9-12-6-8(14-9)15(2)13/h4,6H,1,3,5H2,2H3. The Morgan fingerprint density at radius 1 is 1.87 bits per heavy atom. The maximum Gasteiger partial charge on any atom is 0.124 e. The molecule has 0 spiro atoms. The van der Waals surface area contributed by atoms with Gasteiger partial charge in [0.05, 0.1) is 23.5 Å². The van der Waals surface area contributed by atoms with Gasteiger partial charge in [-0.15, -0.1) is 11.3 Å². The van der Waals surface area contributed by atoms with Crippen molar-refractivity contribution < 1.29 is 8.60 Å². The minimum Gasteiger partial charge on any atom is -0.290 e. The van der Waals surface area contributed by atoms with Gasteiger partial charge in [0, 0.05) is 18.0 Å². The van der Waals surface area contributed by atoms with Crippen molar-refractivity contribution in [2.45, 2.75) is 4.21 Å². The number of rotatable bonds is 5. The van der Waals surface area contributed by atoms with Crippen LogP contribution >= 0.6 is 11.3 Å². The molecular formula is C9H11FN2OS2. The quantitative estimate of drug-likeness (QED) is 0.745. The van der Waals surface area contributed by atoms with Crippen molar-refractivity contribution in [3.63, 3.8) is 0 Å². The second-order valence-electron chi connectivity index (χ2n) is 2.72. The summed E-state index contributed by atoms with van der Waals surface area (Å²) in [5.41, 5.74) is 0.710. The van der Waals surface area contributed by atoms with Crippen molar-refractivity contribution in [1.82, 2.24) is 4.98 Å². The highest BCUT2D eigenvalue weighted by atomic mass is 32.2. The Balaban J connectivity index is 2.66. The molecule has 0 aliphatic carbocycles. The summed E-state index contributed by atoms with van der Waals surface area (Å²) < 4.78 is 23.5. The van der Waals surface area contributed by atoms with Gasteiger partial charge in [0.2, 0.25) is 0 Å². The van der Waals surface area contributed by atoms with Crippen molar-refractivity contribution in [2.75, 3.05) is 19.5 Å². The van der Waals surface area contributed by atoms with E-state index < -0.39 is 17.5 Å². The Bertz CT molecular complexity index is 401. The molecule has 15 heavy (non-hydrogen) atoms. The Hall–Kier alpha value is -0.880. The number of thiazole rings is 1. The van der Waals surface area contributed by atoms with Gasteiger partial charge in [-0.3, -0.25) is 9.20 Å². The van der Waals surface area contributed by atoms with Crippen LogP contribution in [0.3, 0.4) is 0 Å². The van der Waals surface area contributed by atoms with E-state index in [0.717, 1.165) is 0 Å². The molecule has 1 atom stereocenters. The molecule has 1 aromatic heterocycles. The third-order valence-electron chi connectivity index (χ3n) is 1.55. The van der Waals surface area contributed by atoms with Gasteiger partial charge in [-0.05, 0) is 0 Å². The summed E-state index contributed by atoms with van der Waals surface area (Å²) in [5.74, 6) is 0. The van der Waals surface area contributed by atoms with Gasteiger partial charge in [-0.2, -0.15) is 0 Å². The maximum atomic E-state index is 11.7. The molecule has 1 heterocycles. The number of alkyl halides is 1. The van der Waals surface area contributed by atoms with Gasteiger partial charge in [-0.1, -0.05) is 6.58 Å². The van der Waals surface area contributed by atoms with Gasteiger partial charge in [0.15, 0.2) is 0 Å². The predicted octanol–water partition coefficient (Wildman–Crippen LogP) is 1.93. The van der Waals surface area contributed by atoms with Crippen molar-refractivity contribution in [2.24, 2.45) is 4.99 Å². The Kier molecular flexibility index (Phi) is 4.77. The number of hydrogen-bond donors (Lipinski definition) is 0. The van der Waals surface area contributed by atoms with Gasteiger partial charge >= 0.3 is 0 Å². The summed E-state index contributed by atoms with van der Waals surface area (Å²) in [6.07, 6.45) is 4.36. The third kappa shape index (κ3) is 3.64. The predicted molar refractivity (Wildman–Crippen MR) is 62.8 cm³/mol. The molecule has 6 heteroatoms. The van der Waals surface area contributed by atoms with Crippen LogP contribution in [-0.4, -0.2) is 34.9 Å². The van der Waals surface area contributed by atoms with Crippen LogP contribution < -0.4 is 0 Å². The third-order valence-corrected chi connectivity index (χ3v) is 4.07. The molecule has 0 aliphatic rings. The molecule has 1 rings (SSSR count). The van der Waals surface area contributed by atoms with Crippen LogP contribution in [0.4, 0.5) is 4.39 Å². The first-order valence-corrected chi connectivity index (χ1v) is 6.54. The number of hydrogen-bond acceptors (Lipinski definition) is 4. The fourth-order valence-electron chi connectivity index (χ4n) is 0.847. The SMILES string of the molecule is C=C(CN=CCF)c1ncc(S(C)=O)s1. The van der Waals surface area contributed by atoms with Crippen LogP contribution in [0.1, 0.15) is 5.01 Å². The fraction of sp³-hybridized carbons (Fsp3) is 0.333. The molecule has 3 nitrogen and oxygen atoms in total. The molecule has 0 saturated carbocycles. The summed E-state index contributed by atoms with van der Waals surface area (Å²) in [6.45, 7) is 3.53. The first kappa shape index (κ1) is 12.2. The zero-order chi connectivity index (χ0) is 11.3. The summed E-state index contributed by atoms with van der Waals surface area (Å²) in [6, 6.07) is 0.